The fraction of sp³-hybridized carbons (Fsp3) is 0.929. The monoisotopic (exact) mass is 212 g/mol. The molecule has 15 heavy (non-hydrogen) atoms. The highest BCUT2D eigenvalue weighted by molar-refractivity contribution is 5.80. The summed E-state index contributed by atoms with van der Waals surface area (Å²) in [5, 5.41) is 0. The molecule has 0 bridgehead atoms. The first-order chi connectivity index (χ1) is 6.93. The first-order valence-corrected chi connectivity index (χ1v) is 6.46. The van der Waals surface area contributed by atoms with Crippen molar-refractivity contribution >= 4 is 5.78 Å². The number of hydrogen-bond acceptors (Lipinski definition) is 1. The summed E-state index contributed by atoms with van der Waals surface area (Å²) >= 11 is 0. The molecule has 0 aromatic rings. The topological polar surface area (TPSA) is 17.1 Å². The maximum atomic E-state index is 11.7. The largest absolute Gasteiger partial charge is 0.299 e. The Morgan fingerprint density at radius 2 is 1.40 bits per heavy atom. The van der Waals surface area contributed by atoms with Crippen molar-refractivity contribution < 1.29 is 4.79 Å². The lowest BCUT2D eigenvalue weighted by molar-refractivity contribution is -0.122. The van der Waals surface area contributed by atoms with Gasteiger partial charge in [-0.2, -0.15) is 0 Å². The molecule has 0 unspecified atom stereocenters. The molecule has 1 heteroatoms. The molecule has 0 amide bonds. The normalized spacial score (nSPS) is 13.5. The maximum Gasteiger partial charge on any atom is 0.135 e. The highest BCUT2D eigenvalue weighted by Gasteiger charge is 2.12. The van der Waals surface area contributed by atoms with E-state index >= 15 is 0 Å². The maximum absolute atomic E-state index is 11.7. The van der Waals surface area contributed by atoms with Gasteiger partial charge in [-0.15, -0.1) is 0 Å². The van der Waals surface area contributed by atoms with Crippen LogP contribution in [0.3, 0.4) is 0 Å². The van der Waals surface area contributed by atoms with Crippen LogP contribution in [0, 0.1) is 17.8 Å². The lowest BCUT2D eigenvalue weighted by Crippen LogP contribution is -2.11. The van der Waals surface area contributed by atoms with E-state index in [4.69, 9.17) is 0 Å². The second kappa shape index (κ2) is 7.90. The molecule has 0 aromatic heterocycles. The molecule has 0 aliphatic rings. The van der Waals surface area contributed by atoms with Gasteiger partial charge in [0.15, 0.2) is 0 Å². The Balaban J connectivity index is 3.60. The van der Waals surface area contributed by atoms with Crippen LogP contribution in [0.25, 0.3) is 0 Å². The number of Topliss-reactive ketones (excluding diaryl/α,β-unsaturated/α-hetero) is 1. The van der Waals surface area contributed by atoms with Crippen LogP contribution < -0.4 is 0 Å². The second-order valence-corrected chi connectivity index (χ2v) is 5.62. The van der Waals surface area contributed by atoms with Gasteiger partial charge >= 0.3 is 0 Å². The van der Waals surface area contributed by atoms with Gasteiger partial charge in [0.25, 0.3) is 0 Å². The van der Waals surface area contributed by atoms with E-state index in [1.54, 1.807) is 0 Å². The fourth-order valence-corrected chi connectivity index (χ4v) is 1.68. The molecule has 0 saturated heterocycles. The first kappa shape index (κ1) is 14.7. The van der Waals surface area contributed by atoms with Gasteiger partial charge in [0.2, 0.25) is 0 Å². The van der Waals surface area contributed by atoms with Gasteiger partial charge < -0.3 is 0 Å². The Morgan fingerprint density at radius 1 is 0.867 bits per heavy atom. The Labute approximate surface area is 95.6 Å². The van der Waals surface area contributed by atoms with Gasteiger partial charge in [0.05, 0.1) is 0 Å². The van der Waals surface area contributed by atoms with Crippen molar-refractivity contribution in [2.75, 3.05) is 0 Å². The van der Waals surface area contributed by atoms with E-state index < -0.39 is 0 Å². The first-order valence-electron chi connectivity index (χ1n) is 6.46. The quantitative estimate of drug-likeness (QED) is 0.581. The van der Waals surface area contributed by atoms with Crippen LogP contribution >= 0.6 is 0 Å². The summed E-state index contributed by atoms with van der Waals surface area (Å²) in [4.78, 5) is 11.7. The minimum atomic E-state index is 0.277. The molecular weight excluding hydrogens is 184 g/mol. The summed E-state index contributed by atoms with van der Waals surface area (Å²) < 4.78 is 0. The van der Waals surface area contributed by atoms with Crippen LogP contribution in [0.15, 0.2) is 0 Å². The van der Waals surface area contributed by atoms with Crippen molar-refractivity contribution in [1.82, 2.24) is 0 Å². The number of carbonyl (C=O) groups excluding carboxylic acids is 1. The molecule has 0 heterocycles. The fourth-order valence-electron chi connectivity index (χ4n) is 1.68. The molecule has 0 spiro atoms. The highest BCUT2D eigenvalue weighted by atomic mass is 16.1. The lowest BCUT2D eigenvalue weighted by Gasteiger charge is -2.12. The Kier molecular flexibility index (Phi) is 7.72. The third kappa shape index (κ3) is 8.65. The van der Waals surface area contributed by atoms with Crippen LogP contribution in [-0.2, 0) is 4.79 Å². The SMILES string of the molecule is CC(C)CCCC(=O)[C@@H](C)CCC(C)C. The van der Waals surface area contributed by atoms with Gasteiger partial charge in [-0.25, -0.2) is 0 Å². The van der Waals surface area contributed by atoms with E-state index in [1.165, 1.54) is 12.8 Å². The molecule has 0 rings (SSSR count). The predicted octanol–water partition coefficient (Wildman–Crippen LogP) is 4.45. The van der Waals surface area contributed by atoms with Crippen molar-refractivity contribution in [3.63, 3.8) is 0 Å². The van der Waals surface area contributed by atoms with Gasteiger partial charge in [-0.1, -0.05) is 47.5 Å². The Hall–Kier alpha value is -0.330. The summed E-state index contributed by atoms with van der Waals surface area (Å²) in [6, 6.07) is 0. The standard InChI is InChI=1S/C14H28O/c1-11(2)7-6-8-14(15)13(5)10-9-12(3)4/h11-13H,6-10H2,1-5H3/t13-/m0/s1. The van der Waals surface area contributed by atoms with Crippen molar-refractivity contribution in [1.29, 1.82) is 0 Å². The Bertz CT molecular complexity index is 170. The third-order valence-electron chi connectivity index (χ3n) is 2.93. The summed E-state index contributed by atoms with van der Waals surface area (Å²) in [6.07, 6.45) is 5.29. The van der Waals surface area contributed by atoms with E-state index in [9.17, 15) is 4.79 Å². The zero-order valence-electron chi connectivity index (χ0n) is 11.2. The minimum absolute atomic E-state index is 0.277. The van der Waals surface area contributed by atoms with Crippen molar-refractivity contribution in [2.24, 2.45) is 17.8 Å². The van der Waals surface area contributed by atoms with Crippen molar-refractivity contribution in [3.8, 4) is 0 Å². The molecule has 0 aromatic carbocycles. The summed E-state index contributed by atoms with van der Waals surface area (Å²) in [6.45, 7) is 10.9. The van der Waals surface area contributed by atoms with Crippen LogP contribution in [0.4, 0.5) is 0 Å². The smallest absolute Gasteiger partial charge is 0.135 e. The average molecular weight is 212 g/mol. The molecule has 0 radical (unpaired) electrons. The molecule has 0 fully saturated rings. The van der Waals surface area contributed by atoms with E-state index in [1.807, 2.05) is 0 Å². The molecule has 1 atom stereocenters. The van der Waals surface area contributed by atoms with E-state index in [2.05, 4.69) is 34.6 Å². The van der Waals surface area contributed by atoms with Crippen LogP contribution in [0.1, 0.15) is 66.7 Å². The van der Waals surface area contributed by atoms with Crippen molar-refractivity contribution in [3.05, 3.63) is 0 Å². The van der Waals surface area contributed by atoms with E-state index in [0.717, 1.165) is 31.1 Å². The van der Waals surface area contributed by atoms with Crippen LogP contribution in [-0.4, -0.2) is 5.78 Å². The Morgan fingerprint density at radius 3 is 1.87 bits per heavy atom. The minimum Gasteiger partial charge on any atom is -0.299 e. The van der Waals surface area contributed by atoms with Gasteiger partial charge in [-0.3, -0.25) is 4.79 Å². The average Bonchev–Trinajstić information content (AvgIpc) is 2.13. The zero-order chi connectivity index (χ0) is 11.8. The molecule has 0 aliphatic carbocycles. The number of hydrogen-bond donors (Lipinski definition) is 0. The molecular formula is C14H28O. The molecule has 1 nitrogen and oxygen atoms in total. The highest BCUT2D eigenvalue weighted by Crippen LogP contribution is 2.16. The predicted molar refractivity (Wildman–Crippen MR) is 66.9 cm³/mol. The number of carbonyl (C=O) groups is 1. The van der Waals surface area contributed by atoms with E-state index in [0.29, 0.717) is 5.78 Å². The molecule has 90 valence electrons. The van der Waals surface area contributed by atoms with Gasteiger partial charge in [-0.05, 0) is 24.7 Å². The number of ketones is 1. The zero-order valence-corrected chi connectivity index (χ0v) is 11.2. The second-order valence-electron chi connectivity index (χ2n) is 5.62. The van der Waals surface area contributed by atoms with E-state index in [-0.39, 0.29) is 5.92 Å². The molecule has 0 saturated carbocycles. The summed E-state index contributed by atoms with van der Waals surface area (Å²) in [5.74, 6) is 2.19. The number of rotatable bonds is 8. The lowest BCUT2D eigenvalue weighted by atomic mass is 9.92. The summed E-state index contributed by atoms with van der Waals surface area (Å²) in [5.41, 5.74) is 0. The third-order valence-corrected chi connectivity index (χ3v) is 2.93. The van der Waals surface area contributed by atoms with Gasteiger partial charge in [0.1, 0.15) is 5.78 Å². The molecule has 0 N–H and O–H groups in total. The van der Waals surface area contributed by atoms with Crippen LogP contribution in [0.5, 0.6) is 0 Å². The summed E-state index contributed by atoms with van der Waals surface area (Å²) in [7, 11) is 0. The van der Waals surface area contributed by atoms with Gasteiger partial charge in [0, 0.05) is 12.3 Å². The van der Waals surface area contributed by atoms with Crippen LogP contribution in [0.2, 0.25) is 0 Å². The van der Waals surface area contributed by atoms with Crippen molar-refractivity contribution in [2.45, 2.75) is 66.7 Å². The molecule has 0 aliphatic heterocycles.